The minimum Gasteiger partial charge on any atom is -0.341 e. The van der Waals surface area contributed by atoms with Crippen LogP contribution in [-0.2, 0) is 20.9 Å². The Morgan fingerprint density at radius 3 is 2.74 bits per heavy atom. The van der Waals surface area contributed by atoms with Crippen molar-refractivity contribution in [3.05, 3.63) is 64.7 Å². The minimum absolute atomic E-state index is 0.210. The molecular weight excluding hydrogens is 452 g/mol. The Kier molecular flexibility index (Phi) is 6.99. The number of benzene rings is 2. The number of nitrogens with zero attached hydrogens (tertiary/aromatic N) is 2. The monoisotopic (exact) mass is 474 g/mol. The molecule has 1 aliphatic rings. The lowest BCUT2D eigenvalue weighted by Gasteiger charge is -2.32. The van der Waals surface area contributed by atoms with Gasteiger partial charge in [0.1, 0.15) is 6.04 Å². The van der Waals surface area contributed by atoms with Gasteiger partial charge < -0.3 is 10.2 Å². The largest absolute Gasteiger partial charge is 0.341 e. The molecule has 4 rings (SSSR count). The van der Waals surface area contributed by atoms with E-state index in [9.17, 15) is 19.2 Å². The Bertz CT molecular complexity index is 1320. The third kappa shape index (κ3) is 5.30. The van der Waals surface area contributed by atoms with Crippen molar-refractivity contribution in [1.29, 1.82) is 0 Å². The van der Waals surface area contributed by atoms with Gasteiger partial charge in [-0.1, -0.05) is 18.1 Å². The van der Waals surface area contributed by atoms with Crippen LogP contribution in [0.15, 0.2) is 48.0 Å². The predicted molar refractivity (Wildman–Crippen MR) is 128 cm³/mol. The van der Waals surface area contributed by atoms with Gasteiger partial charge in [-0.15, -0.1) is 11.3 Å². The maximum atomic E-state index is 12.9. The van der Waals surface area contributed by atoms with Crippen molar-refractivity contribution in [1.82, 2.24) is 20.5 Å². The lowest BCUT2D eigenvalue weighted by molar-refractivity contribution is -0.136. The smallest absolute Gasteiger partial charge is 0.296 e. The van der Waals surface area contributed by atoms with E-state index in [1.165, 1.54) is 16.2 Å². The summed E-state index contributed by atoms with van der Waals surface area (Å²) < 4.78 is 1.01. The Balaban J connectivity index is 1.34. The first-order valence-corrected chi connectivity index (χ1v) is 11.7. The number of piperidine rings is 1. The normalized spacial score (nSPS) is 15.3. The van der Waals surface area contributed by atoms with E-state index in [0.717, 1.165) is 21.3 Å². The molecule has 3 aromatic rings. The molecule has 34 heavy (non-hydrogen) atoms. The third-order valence-electron chi connectivity index (χ3n) is 5.49. The number of fused-ring (bicyclic) bond motifs is 1. The number of hydrogen-bond acceptors (Lipinski definition) is 6. The number of rotatable bonds is 5. The number of carbonyl (C=O) groups is 4. The average molecular weight is 475 g/mol. The van der Waals surface area contributed by atoms with E-state index in [0.29, 0.717) is 18.5 Å². The van der Waals surface area contributed by atoms with Crippen LogP contribution in [0.2, 0.25) is 0 Å². The molecule has 172 valence electrons. The van der Waals surface area contributed by atoms with Crippen molar-refractivity contribution in [3.63, 3.8) is 0 Å². The molecule has 1 atom stereocenters. The minimum atomic E-state index is -0.662. The molecule has 0 radical (unpaired) electrons. The van der Waals surface area contributed by atoms with Gasteiger partial charge in [-0.2, -0.15) is 0 Å². The summed E-state index contributed by atoms with van der Waals surface area (Å²) in [5.74, 6) is 3.99. The molecule has 0 saturated carbocycles. The van der Waals surface area contributed by atoms with Gasteiger partial charge in [0.15, 0.2) is 0 Å². The van der Waals surface area contributed by atoms with Gasteiger partial charge in [0.2, 0.25) is 11.8 Å². The summed E-state index contributed by atoms with van der Waals surface area (Å²) in [6.45, 7) is 2.40. The van der Waals surface area contributed by atoms with Gasteiger partial charge in [-0.25, -0.2) is 4.98 Å². The average Bonchev–Trinajstić information content (AvgIpc) is 3.31. The van der Waals surface area contributed by atoms with Gasteiger partial charge in [-0.05, 0) is 49.2 Å². The highest BCUT2D eigenvalue weighted by Gasteiger charge is 2.33. The quantitative estimate of drug-likeness (QED) is 0.436. The molecule has 8 nitrogen and oxygen atoms in total. The van der Waals surface area contributed by atoms with E-state index in [-0.39, 0.29) is 24.8 Å². The van der Waals surface area contributed by atoms with Crippen molar-refractivity contribution >= 4 is 45.2 Å². The molecular formula is C25H22N4O4S. The van der Waals surface area contributed by atoms with Crippen LogP contribution in [0.5, 0.6) is 0 Å². The fourth-order valence-electron chi connectivity index (χ4n) is 3.70. The van der Waals surface area contributed by atoms with E-state index in [2.05, 4.69) is 27.5 Å². The number of aromatic nitrogens is 1. The highest BCUT2D eigenvalue weighted by Crippen LogP contribution is 2.19. The first kappa shape index (κ1) is 23.1. The molecule has 2 N–H and O–H groups in total. The molecule has 1 saturated heterocycles. The number of amides is 4. The fourth-order valence-corrected chi connectivity index (χ4v) is 4.42. The highest BCUT2D eigenvalue weighted by molar-refractivity contribution is 7.16. The zero-order valence-electron chi connectivity index (χ0n) is 18.5. The number of thiazole rings is 1. The standard InChI is InChI=1S/C25H22N4O4S/c1-2-29(20-10-12-23(31)28-24(20)32)25(33)18-7-3-17(4-8-18)14-26-22(30)11-6-16-5-9-19-21(13-16)34-15-27-19/h3-5,7-9,13,15,20H,2,10,12,14H2,1H3,(H,26,30)(H,28,31,32). The van der Waals surface area contributed by atoms with Crippen LogP contribution in [0.3, 0.4) is 0 Å². The van der Waals surface area contributed by atoms with Crippen LogP contribution in [0, 0.1) is 11.8 Å². The molecule has 2 heterocycles. The molecule has 0 aliphatic carbocycles. The summed E-state index contributed by atoms with van der Waals surface area (Å²) in [6.07, 6.45) is 0.523. The maximum absolute atomic E-state index is 12.9. The third-order valence-corrected chi connectivity index (χ3v) is 6.29. The Morgan fingerprint density at radius 1 is 1.21 bits per heavy atom. The summed E-state index contributed by atoms with van der Waals surface area (Å²) >= 11 is 1.52. The molecule has 1 aromatic heterocycles. The first-order valence-electron chi connectivity index (χ1n) is 10.8. The molecule has 1 fully saturated rings. The van der Waals surface area contributed by atoms with Crippen LogP contribution < -0.4 is 10.6 Å². The summed E-state index contributed by atoms with van der Waals surface area (Å²) in [5, 5.41) is 5.03. The Hall–Kier alpha value is -4.03. The van der Waals surface area contributed by atoms with Crippen LogP contribution in [-0.4, -0.2) is 46.1 Å². The molecule has 1 aliphatic heterocycles. The second kappa shape index (κ2) is 10.3. The van der Waals surface area contributed by atoms with E-state index in [1.807, 2.05) is 18.2 Å². The second-order valence-corrected chi connectivity index (χ2v) is 8.61. The first-order chi connectivity index (χ1) is 16.4. The van der Waals surface area contributed by atoms with E-state index in [1.54, 1.807) is 36.7 Å². The molecule has 4 amide bonds. The van der Waals surface area contributed by atoms with Crippen LogP contribution in [0.1, 0.15) is 41.3 Å². The predicted octanol–water partition coefficient (Wildman–Crippen LogP) is 2.23. The Labute approximate surface area is 200 Å². The molecule has 2 aromatic carbocycles. The van der Waals surface area contributed by atoms with Crippen molar-refractivity contribution in [2.24, 2.45) is 0 Å². The van der Waals surface area contributed by atoms with Gasteiger partial charge in [-0.3, -0.25) is 24.5 Å². The molecule has 9 heteroatoms. The molecule has 1 unspecified atom stereocenters. The van der Waals surface area contributed by atoms with Crippen molar-refractivity contribution in [2.45, 2.75) is 32.4 Å². The second-order valence-electron chi connectivity index (χ2n) is 7.72. The summed E-state index contributed by atoms with van der Waals surface area (Å²) in [6, 6.07) is 11.8. The summed E-state index contributed by atoms with van der Waals surface area (Å²) in [5.41, 5.74) is 4.65. The SMILES string of the molecule is CCN(C(=O)c1ccc(CNC(=O)C#Cc2ccc3ncsc3c2)cc1)C1CCC(=O)NC1=O. The van der Waals surface area contributed by atoms with E-state index >= 15 is 0 Å². The number of hydrogen-bond donors (Lipinski definition) is 2. The van der Waals surface area contributed by atoms with Gasteiger partial charge >= 0.3 is 0 Å². The fraction of sp³-hybridized carbons (Fsp3) is 0.240. The summed E-state index contributed by atoms with van der Waals surface area (Å²) in [4.78, 5) is 54.3. The lowest BCUT2D eigenvalue weighted by atomic mass is 10.0. The van der Waals surface area contributed by atoms with Gasteiger partial charge in [0.25, 0.3) is 11.8 Å². The van der Waals surface area contributed by atoms with Crippen molar-refractivity contribution < 1.29 is 19.2 Å². The lowest BCUT2D eigenvalue weighted by Crippen LogP contribution is -2.54. The van der Waals surface area contributed by atoms with Gasteiger partial charge in [0, 0.05) is 36.6 Å². The van der Waals surface area contributed by atoms with E-state index in [4.69, 9.17) is 0 Å². The van der Waals surface area contributed by atoms with E-state index < -0.39 is 17.9 Å². The number of imide groups is 1. The molecule has 0 bridgehead atoms. The maximum Gasteiger partial charge on any atom is 0.296 e. The number of likely N-dealkylation sites (N-methyl/N-ethyl adjacent to an activating group) is 1. The molecule has 0 spiro atoms. The van der Waals surface area contributed by atoms with Gasteiger partial charge in [0.05, 0.1) is 15.7 Å². The topological polar surface area (TPSA) is 108 Å². The van der Waals surface area contributed by atoms with Crippen LogP contribution in [0.25, 0.3) is 10.2 Å². The number of carbonyl (C=O) groups excluding carboxylic acids is 4. The van der Waals surface area contributed by atoms with Crippen molar-refractivity contribution in [3.8, 4) is 11.8 Å². The zero-order valence-corrected chi connectivity index (χ0v) is 19.3. The van der Waals surface area contributed by atoms with Crippen LogP contribution in [0.4, 0.5) is 0 Å². The van der Waals surface area contributed by atoms with Crippen LogP contribution >= 0.6 is 11.3 Å². The highest BCUT2D eigenvalue weighted by atomic mass is 32.1. The summed E-state index contributed by atoms with van der Waals surface area (Å²) in [7, 11) is 0. The van der Waals surface area contributed by atoms with Crippen molar-refractivity contribution in [2.75, 3.05) is 6.54 Å². The zero-order chi connectivity index (χ0) is 24.1. The Morgan fingerprint density at radius 2 is 2.00 bits per heavy atom. The number of nitrogens with one attached hydrogen (secondary N) is 2.